The number of benzene rings is 1. The summed E-state index contributed by atoms with van der Waals surface area (Å²) in [5.74, 6) is -7.22. The fourth-order valence-electron chi connectivity index (χ4n) is 7.47. The van der Waals surface area contributed by atoms with Crippen molar-refractivity contribution in [1.29, 1.82) is 0 Å². The number of amides is 7. The fourth-order valence-corrected chi connectivity index (χ4v) is 7.47. The molecule has 1 aliphatic heterocycles. The number of likely N-dealkylation sites (N-methyl/N-ethyl adjacent to an activating group) is 1. The average Bonchev–Trinajstić information content (AvgIpc) is 3.31. The van der Waals surface area contributed by atoms with Gasteiger partial charge in [-0.15, -0.1) is 0 Å². The van der Waals surface area contributed by atoms with Gasteiger partial charge in [-0.3, -0.25) is 33.6 Å². The number of cyclic esters (lactones) is 1. The number of carbonyl (C=O) groups excluding carboxylic acids is 8. The fraction of sp³-hybridized carbons (Fsp3) is 0.640. The topological polar surface area (TPSA) is 322 Å². The van der Waals surface area contributed by atoms with E-state index in [0.29, 0.717) is 5.56 Å². The number of hydrogen-bond acceptors (Lipinski definition) is 14. The molecule has 0 aromatic heterocycles. The monoisotopic (exact) mass is 1000 g/mol. The summed E-state index contributed by atoms with van der Waals surface area (Å²) in [7, 11) is 1.41. The third kappa shape index (κ3) is 21.6. The van der Waals surface area contributed by atoms with Crippen molar-refractivity contribution in [2.75, 3.05) is 26.9 Å². The molecule has 21 heteroatoms. The van der Waals surface area contributed by atoms with Crippen molar-refractivity contribution >= 4 is 47.3 Å². The molecule has 9 atom stereocenters. The maximum absolute atomic E-state index is 13.8. The quantitative estimate of drug-likeness (QED) is 0.0318. The molecule has 0 aliphatic carbocycles. The summed E-state index contributed by atoms with van der Waals surface area (Å²) in [6, 6.07) is -2.37. The number of nitrogens with zero attached hydrogens (tertiary/aromatic N) is 1. The molecule has 71 heavy (non-hydrogen) atoms. The van der Waals surface area contributed by atoms with E-state index in [1.165, 1.54) is 30.2 Å². The smallest absolute Gasteiger partial charge is 0.329 e. The molecular weight excluding hydrogens is 923 g/mol. The number of phenolic OH excluding ortho intramolecular Hbond substituents is 1. The lowest BCUT2D eigenvalue weighted by Crippen LogP contribution is -2.57. The van der Waals surface area contributed by atoms with Crippen LogP contribution in [0, 0.1) is 17.8 Å². The predicted octanol–water partition coefficient (Wildman–Crippen LogP) is 0.155. The first-order chi connectivity index (χ1) is 33.5. The Morgan fingerprint density at radius 1 is 0.775 bits per heavy atom. The van der Waals surface area contributed by atoms with Crippen LogP contribution in [0.15, 0.2) is 48.6 Å². The minimum Gasteiger partial charge on any atom is -0.508 e. The van der Waals surface area contributed by atoms with E-state index in [4.69, 9.17) is 4.74 Å². The van der Waals surface area contributed by atoms with E-state index >= 15 is 0 Å². The van der Waals surface area contributed by atoms with Gasteiger partial charge in [0.2, 0.25) is 41.4 Å². The van der Waals surface area contributed by atoms with Crippen LogP contribution in [-0.4, -0.2) is 159 Å². The lowest BCUT2D eigenvalue weighted by Gasteiger charge is -2.32. The van der Waals surface area contributed by atoms with E-state index in [0.717, 1.165) is 38.2 Å². The second-order valence-corrected chi connectivity index (χ2v) is 19.0. The Morgan fingerprint density at radius 2 is 1.34 bits per heavy atom. The van der Waals surface area contributed by atoms with Crippen LogP contribution < -0.4 is 31.9 Å². The molecule has 21 nitrogen and oxygen atoms in total. The van der Waals surface area contributed by atoms with E-state index in [1.807, 2.05) is 6.08 Å². The number of unbranched alkanes of at least 4 members (excludes halogenated alkanes) is 4. The second kappa shape index (κ2) is 31.4. The van der Waals surface area contributed by atoms with Gasteiger partial charge in [0, 0.05) is 26.0 Å². The summed E-state index contributed by atoms with van der Waals surface area (Å²) < 4.78 is 5.63. The van der Waals surface area contributed by atoms with Gasteiger partial charge in [-0.1, -0.05) is 98.1 Å². The molecule has 0 unspecified atom stereocenters. The Hall–Kier alpha value is -5.90. The lowest BCUT2D eigenvalue weighted by molar-refractivity contribution is -0.156. The summed E-state index contributed by atoms with van der Waals surface area (Å²) >= 11 is 0. The Balaban J connectivity index is 2.11. The van der Waals surface area contributed by atoms with Gasteiger partial charge >= 0.3 is 5.97 Å². The van der Waals surface area contributed by atoms with E-state index in [9.17, 15) is 63.9 Å². The number of aromatic hydroxyl groups is 1. The van der Waals surface area contributed by atoms with Crippen molar-refractivity contribution in [1.82, 2.24) is 36.8 Å². The number of esters is 1. The van der Waals surface area contributed by atoms with Crippen LogP contribution in [-0.2, 0) is 49.5 Å². The van der Waals surface area contributed by atoms with Gasteiger partial charge in [-0.25, -0.2) is 4.79 Å². The maximum Gasteiger partial charge on any atom is 0.329 e. The highest BCUT2D eigenvalue weighted by molar-refractivity contribution is 5.95. The van der Waals surface area contributed by atoms with Crippen molar-refractivity contribution in [2.45, 2.75) is 161 Å². The molecule has 0 spiro atoms. The molecule has 398 valence electrons. The van der Waals surface area contributed by atoms with Gasteiger partial charge in [0.05, 0.1) is 56.4 Å². The highest BCUT2D eigenvalue weighted by Crippen LogP contribution is 2.18. The van der Waals surface area contributed by atoms with Crippen LogP contribution in [0.2, 0.25) is 0 Å². The molecule has 0 saturated carbocycles. The molecule has 1 aromatic carbocycles. The largest absolute Gasteiger partial charge is 0.508 e. The van der Waals surface area contributed by atoms with Gasteiger partial charge in [-0.2, -0.15) is 0 Å². The number of aliphatic hydroxyl groups is 4. The number of aliphatic hydroxyl groups excluding tert-OH is 4. The zero-order valence-electron chi connectivity index (χ0n) is 42.4. The van der Waals surface area contributed by atoms with Gasteiger partial charge in [-0.05, 0) is 48.3 Å². The zero-order valence-corrected chi connectivity index (χ0v) is 42.4. The first-order valence-corrected chi connectivity index (χ1v) is 24.4. The average molecular weight is 1000 g/mol. The number of rotatable bonds is 27. The van der Waals surface area contributed by atoms with Crippen LogP contribution >= 0.6 is 0 Å². The SMILES string of the molecule is CCCCCC/C=C\CC(=O)N[C@@H](CO)[C@@H](O)CC(=O)N[C@H](C(=O)N[C@@H](CO)[C@@H](O)CC(=O)N[C@H](C(=O)N[C@@H]1/C=C/C(=O)N[C@@H](C(C)C)C(=O)N(C)[C@@H](Cc2ccc(O)cc2)C(=O)OC1)C(C)C)C(C)C. The molecule has 2 rings (SSSR count). The number of carbonyl (C=O) groups is 8. The van der Waals surface area contributed by atoms with Crippen LogP contribution in [0.5, 0.6) is 5.75 Å². The van der Waals surface area contributed by atoms with Gasteiger partial charge in [0.1, 0.15) is 36.5 Å². The maximum atomic E-state index is 13.8. The minimum atomic E-state index is -1.70. The Bertz CT molecular complexity index is 1960. The summed E-state index contributed by atoms with van der Waals surface area (Å²) in [5, 5.41) is 66.8. The van der Waals surface area contributed by atoms with E-state index < -0.39 is 152 Å². The Kier molecular flexibility index (Phi) is 27.1. The van der Waals surface area contributed by atoms with Gasteiger partial charge in [0.25, 0.3) is 0 Å². The molecule has 7 amide bonds. The molecule has 1 aromatic rings. The number of phenols is 1. The molecular formula is C50H79N7O14. The molecule has 11 N–H and O–H groups in total. The van der Waals surface area contributed by atoms with Crippen molar-refractivity contribution in [2.24, 2.45) is 17.8 Å². The first kappa shape index (κ1) is 61.2. The van der Waals surface area contributed by atoms with Crippen LogP contribution in [0.1, 0.15) is 105 Å². The van der Waals surface area contributed by atoms with Crippen LogP contribution in [0.25, 0.3) is 0 Å². The van der Waals surface area contributed by atoms with E-state index in [2.05, 4.69) is 38.8 Å². The molecule has 1 aliphatic rings. The van der Waals surface area contributed by atoms with E-state index in [1.54, 1.807) is 59.8 Å². The van der Waals surface area contributed by atoms with Gasteiger partial charge < -0.3 is 67.1 Å². The van der Waals surface area contributed by atoms with Crippen molar-refractivity contribution in [3.8, 4) is 5.75 Å². The first-order valence-electron chi connectivity index (χ1n) is 24.4. The highest BCUT2D eigenvalue weighted by atomic mass is 16.5. The third-order valence-electron chi connectivity index (χ3n) is 11.9. The normalized spacial score (nSPS) is 19.8. The van der Waals surface area contributed by atoms with Crippen molar-refractivity contribution < 1.29 is 68.6 Å². The Labute approximate surface area is 417 Å². The Morgan fingerprint density at radius 3 is 1.87 bits per heavy atom. The predicted molar refractivity (Wildman–Crippen MR) is 263 cm³/mol. The second-order valence-electron chi connectivity index (χ2n) is 19.0. The van der Waals surface area contributed by atoms with Crippen molar-refractivity contribution in [3.63, 3.8) is 0 Å². The summed E-state index contributed by atoms with van der Waals surface area (Å²) in [5.41, 5.74) is 0.598. The molecule has 0 fully saturated rings. The molecule has 0 bridgehead atoms. The lowest BCUT2D eigenvalue weighted by atomic mass is 9.99. The molecule has 1 heterocycles. The highest BCUT2D eigenvalue weighted by Gasteiger charge is 2.37. The zero-order chi connectivity index (χ0) is 53.4. The van der Waals surface area contributed by atoms with Crippen molar-refractivity contribution in [3.05, 3.63) is 54.1 Å². The summed E-state index contributed by atoms with van der Waals surface area (Å²) in [4.78, 5) is 108. The number of ether oxygens (including phenoxy) is 1. The third-order valence-corrected chi connectivity index (χ3v) is 11.9. The number of hydrogen-bond donors (Lipinski definition) is 11. The van der Waals surface area contributed by atoms with E-state index in [-0.39, 0.29) is 18.6 Å². The number of nitrogens with one attached hydrogen (secondary N) is 6. The van der Waals surface area contributed by atoms with Crippen LogP contribution in [0.4, 0.5) is 0 Å². The molecule has 0 saturated heterocycles. The standard InChI is InChI=1S/C50H79N7O14/c1-9-10-11-12-13-14-15-16-40(63)52-35(26-58)38(61)24-42(65)56-45(30(4)5)48(68)53-36(27-59)39(62)25-43(66)55-44(29(2)3)47(67)51-33-19-22-41(64)54-46(31(6)7)49(69)57(8)37(50(70)71-28-33)23-32-17-20-34(60)21-18-32/h14-15,17-22,29-31,33,35-39,44-46,58-62H,9-13,16,23-28H2,1-8H3,(H,51,67)(H,52,63)(H,53,68)(H,54,64)(H,55,66)(H,56,65)/b15-14-,22-19+/t33-,35+,36+,37+,38+,39+,44+,45+,46+/m1/s1. The molecule has 0 radical (unpaired) electrons. The minimum absolute atomic E-state index is 0.00127. The summed E-state index contributed by atoms with van der Waals surface area (Å²) in [6.45, 7) is 10.1. The number of allylic oxidation sites excluding steroid dienone is 1. The van der Waals surface area contributed by atoms with Crippen LogP contribution in [0.3, 0.4) is 0 Å². The summed E-state index contributed by atoms with van der Waals surface area (Å²) in [6.07, 6.45) is 6.61. The van der Waals surface area contributed by atoms with Gasteiger partial charge in [0.15, 0.2) is 0 Å².